The maximum Gasteiger partial charge on any atom is 0.243 e. The molecule has 1 saturated carbocycles. The van der Waals surface area contributed by atoms with Crippen molar-refractivity contribution in [1.82, 2.24) is 9.47 Å². The highest BCUT2D eigenvalue weighted by atomic mass is 35.5. The lowest BCUT2D eigenvalue weighted by Crippen LogP contribution is -2.44. The average molecular weight is 497 g/mol. The van der Waals surface area contributed by atoms with E-state index >= 15 is 0 Å². The molecule has 0 radical (unpaired) electrons. The van der Waals surface area contributed by atoms with Crippen LogP contribution >= 0.6 is 11.6 Å². The van der Waals surface area contributed by atoms with Crippen molar-refractivity contribution < 1.29 is 23.9 Å². The summed E-state index contributed by atoms with van der Waals surface area (Å²) in [5, 5.41) is 10.8. The molecule has 2 aromatic carbocycles. The molecule has 0 unspecified atom stereocenters. The van der Waals surface area contributed by atoms with Crippen molar-refractivity contribution in [3.05, 3.63) is 70.6 Å². The van der Waals surface area contributed by atoms with Crippen molar-refractivity contribution in [3.63, 3.8) is 0 Å². The number of rotatable bonds is 8. The van der Waals surface area contributed by atoms with Gasteiger partial charge >= 0.3 is 0 Å². The number of Topliss-reactive ketones (excluding diaryl/α,β-unsaturated/α-hetero) is 2. The maximum absolute atomic E-state index is 14.3. The Labute approximate surface area is 207 Å². The predicted octanol–water partition coefficient (Wildman–Crippen LogP) is 4.19. The summed E-state index contributed by atoms with van der Waals surface area (Å²) in [5.74, 6) is -1.00. The number of fused-ring (bicyclic) bond motifs is 2. The number of aryl methyl sites for hydroxylation is 1. The molecule has 8 heteroatoms. The number of halogens is 2. The number of aliphatic hydroxyl groups excluding tert-OH is 1. The number of hydrogen-bond donors (Lipinski definition) is 1. The Morgan fingerprint density at radius 1 is 1.14 bits per heavy atom. The number of carbonyl (C=O) groups is 3. The summed E-state index contributed by atoms with van der Waals surface area (Å²) in [5.41, 5.74) is 1.23. The van der Waals surface area contributed by atoms with Crippen LogP contribution in [0, 0.1) is 11.2 Å². The molecule has 1 amide bonds. The van der Waals surface area contributed by atoms with E-state index in [-0.39, 0.29) is 54.5 Å². The summed E-state index contributed by atoms with van der Waals surface area (Å²) in [7, 11) is 0. The molecule has 182 valence electrons. The van der Waals surface area contributed by atoms with Crippen LogP contribution in [0.25, 0.3) is 10.9 Å². The number of benzene rings is 2. The predicted molar refractivity (Wildman–Crippen MR) is 130 cm³/mol. The lowest BCUT2D eigenvalue weighted by atomic mass is 9.95. The summed E-state index contributed by atoms with van der Waals surface area (Å²) in [6.45, 7) is 1.39. The highest BCUT2D eigenvalue weighted by Gasteiger charge is 2.66. The van der Waals surface area contributed by atoms with Gasteiger partial charge in [0, 0.05) is 40.5 Å². The molecule has 1 saturated heterocycles. The van der Waals surface area contributed by atoms with Gasteiger partial charge in [-0.15, -0.1) is 0 Å². The average Bonchev–Trinajstić information content (AvgIpc) is 3.27. The molecule has 5 rings (SSSR count). The minimum absolute atomic E-state index is 0.0111. The number of ketones is 2. The monoisotopic (exact) mass is 496 g/mol. The molecule has 1 aromatic heterocycles. The van der Waals surface area contributed by atoms with E-state index in [1.165, 1.54) is 13.0 Å². The number of piperidine rings is 1. The quantitative estimate of drug-likeness (QED) is 0.474. The highest BCUT2D eigenvalue weighted by molar-refractivity contribution is 6.30. The fraction of sp³-hybridized carbons (Fsp3) is 0.370. The van der Waals surface area contributed by atoms with Crippen molar-refractivity contribution in [3.8, 4) is 0 Å². The molecule has 3 aromatic rings. The van der Waals surface area contributed by atoms with Crippen LogP contribution in [-0.4, -0.2) is 50.7 Å². The number of nitrogens with zero attached hydrogens (tertiary/aromatic N) is 2. The fourth-order valence-corrected chi connectivity index (χ4v) is 5.74. The molecule has 0 bridgehead atoms. The fourth-order valence-electron chi connectivity index (χ4n) is 5.54. The summed E-state index contributed by atoms with van der Waals surface area (Å²) < 4.78 is 16.0. The standard InChI is InChI=1S/C27H26ClFN2O4/c1-16(33)19-13-30(21-8-3-2-6-18(19)21)14-25(35)31-22(11-27(15-32)12-24(27)31)23(34)10-9-17-5-4-7-20(28)26(17)29/h2-8,13,22,24,32H,9-12,14-15H2,1H3/t22-,24+,27-/m0/s1. The number of aromatic nitrogens is 1. The van der Waals surface area contributed by atoms with Crippen LogP contribution in [0.4, 0.5) is 4.39 Å². The topological polar surface area (TPSA) is 79.6 Å². The normalized spacial score (nSPS) is 22.9. The number of likely N-dealkylation sites (tertiary alicyclic amines) is 1. The first-order chi connectivity index (χ1) is 16.8. The van der Waals surface area contributed by atoms with E-state index in [0.717, 1.165) is 10.9 Å². The van der Waals surface area contributed by atoms with E-state index in [1.54, 1.807) is 27.8 Å². The van der Waals surface area contributed by atoms with Gasteiger partial charge in [0.2, 0.25) is 5.91 Å². The molecule has 35 heavy (non-hydrogen) atoms. The molecule has 2 heterocycles. The van der Waals surface area contributed by atoms with E-state index in [0.29, 0.717) is 24.0 Å². The first-order valence-corrected chi connectivity index (χ1v) is 12.1. The number of para-hydroxylation sites is 1. The van der Waals surface area contributed by atoms with Crippen LogP contribution in [0.2, 0.25) is 5.02 Å². The van der Waals surface area contributed by atoms with Gasteiger partial charge in [-0.05, 0) is 43.9 Å². The third kappa shape index (κ3) is 4.06. The molecule has 2 aliphatic rings. The minimum atomic E-state index is -0.662. The molecule has 0 spiro atoms. The van der Waals surface area contributed by atoms with Gasteiger partial charge in [0.1, 0.15) is 12.4 Å². The largest absolute Gasteiger partial charge is 0.396 e. The van der Waals surface area contributed by atoms with Crippen LogP contribution in [0.5, 0.6) is 0 Å². The Balaban J connectivity index is 1.37. The number of aliphatic hydroxyl groups is 1. The molecular formula is C27H26ClFN2O4. The van der Waals surface area contributed by atoms with Crippen molar-refractivity contribution in [1.29, 1.82) is 0 Å². The Kier molecular flexibility index (Phi) is 6.01. The van der Waals surface area contributed by atoms with Gasteiger partial charge in [-0.1, -0.05) is 41.9 Å². The summed E-state index contributed by atoms with van der Waals surface area (Å²) >= 11 is 5.86. The van der Waals surface area contributed by atoms with Gasteiger partial charge in [0.15, 0.2) is 11.6 Å². The Hall–Kier alpha value is -3.03. The Bertz CT molecular complexity index is 1350. The van der Waals surface area contributed by atoms with Gasteiger partial charge in [-0.2, -0.15) is 0 Å². The zero-order chi connectivity index (χ0) is 24.9. The molecule has 1 aliphatic carbocycles. The zero-order valence-corrected chi connectivity index (χ0v) is 20.1. The molecule has 1 aliphatic heterocycles. The SMILES string of the molecule is CC(=O)c1cn(CC(=O)N2[C@H](C(=O)CCc3cccc(Cl)c3F)C[C@@]3(CO)C[C@@H]23)c2ccccc12. The second kappa shape index (κ2) is 8.88. The lowest BCUT2D eigenvalue weighted by Gasteiger charge is -2.27. The van der Waals surface area contributed by atoms with Gasteiger partial charge < -0.3 is 14.6 Å². The number of hydrogen-bond acceptors (Lipinski definition) is 4. The van der Waals surface area contributed by atoms with Crippen molar-refractivity contribution >= 4 is 40.0 Å². The molecule has 3 atom stereocenters. The first kappa shape index (κ1) is 23.7. The second-order valence-electron chi connectivity index (χ2n) is 9.68. The molecular weight excluding hydrogens is 471 g/mol. The van der Waals surface area contributed by atoms with E-state index in [4.69, 9.17) is 11.6 Å². The van der Waals surface area contributed by atoms with Crippen LogP contribution in [0.3, 0.4) is 0 Å². The van der Waals surface area contributed by atoms with Gasteiger partial charge in [-0.3, -0.25) is 14.4 Å². The highest BCUT2D eigenvalue weighted by Crippen LogP contribution is 2.59. The molecule has 6 nitrogen and oxygen atoms in total. The molecule has 1 N–H and O–H groups in total. The third-order valence-electron chi connectivity index (χ3n) is 7.54. The van der Waals surface area contributed by atoms with E-state index in [1.807, 2.05) is 24.3 Å². The van der Waals surface area contributed by atoms with E-state index < -0.39 is 17.3 Å². The van der Waals surface area contributed by atoms with Crippen LogP contribution in [0.1, 0.15) is 42.1 Å². The summed E-state index contributed by atoms with van der Waals surface area (Å²) in [6, 6.07) is 11.3. The Morgan fingerprint density at radius 3 is 2.66 bits per heavy atom. The van der Waals surface area contributed by atoms with Crippen LogP contribution in [-0.2, 0) is 22.6 Å². The van der Waals surface area contributed by atoms with Gasteiger partial charge in [0.25, 0.3) is 0 Å². The molecule has 2 fully saturated rings. The van der Waals surface area contributed by atoms with Crippen molar-refractivity contribution in [2.75, 3.05) is 6.61 Å². The van der Waals surface area contributed by atoms with Crippen molar-refractivity contribution in [2.24, 2.45) is 5.41 Å². The first-order valence-electron chi connectivity index (χ1n) is 11.7. The third-order valence-corrected chi connectivity index (χ3v) is 7.83. The van der Waals surface area contributed by atoms with E-state index in [2.05, 4.69) is 0 Å². The minimum Gasteiger partial charge on any atom is -0.396 e. The van der Waals surface area contributed by atoms with Crippen molar-refractivity contribution in [2.45, 2.75) is 51.2 Å². The Morgan fingerprint density at radius 2 is 1.91 bits per heavy atom. The maximum atomic E-state index is 14.3. The van der Waals surface area contributed by atoms with Crippen LogP contribution in [0.15, 0.2) is 48.7 Å². The number of carbonyl (C=O) groups excluding carboxylic acids is 3. The lowest BCUT2D eigenvalue weighted by molar-refractivity contribution is -0.139. The van der Waals surface area contributed by atoms with Crippen LogP contribution < -0.4 is 0 Å². The summed E-state index contributed by atoms with van der Waals surface area (Å²) in [6.07, 6.45) is 3.01. The van der Waals surface area contributed by atoms with E-state index in [9.17, 15) is 23.9 Å². The zero-order valence-electron chi connectivity index (χ0n) is 19.3. The second-order valence-corrected chi connectivity index (χ2v) is 10.1. The van der Waals surface area contributed by atoms with Gasteiger partial charge in [0.05, 0.1) is 17.7 Å². The number of amides is 1. The van der Waals surface area contributed by atoms with Gasteiger partial charge in [-0.25, -0.2) is 4.39 Å². The smallest absolute Gasteiger partial charge is 0.243 e. The summed E-state index contributed by atoms with van der Waals surface area (Å²) in [4.78, 5) is 40.5.